The zero-order valence-corrected chi connectivity index (χ0v) is 13.4. The Morgan fingerprint density at radius 2 is 1.87 bits per heavy atom. The van der Waals surface area contributed by atoms with Crippen molar-refractivity contribution in [3.63, 3.8) is 0 Å². The van der Waals surface area contributed by atoms with Crippen molar-refractivity contribution in [2.24, 2.45) is 0 Å². The van der Waals surface area contributed by atoms with Crippen LogP contribution in [0.2, 0.25) is 0 Å². The van der Waals surface area contributed by atoms with Gasteiger partial charge in [-0.15, -0.1) is 6.58 Å². The molecule has 6 nitrogen and oxygen atoms in total. The molecule has 0 radical (unpaired) electrons. The zero-order valence-electron chi connectivity index (χ0n) is 13.4. The largest absolute Gasteiger partial charge is 0.397 e. The van der Waals surface area contributed by atoms with Gasteiger partial charge in [0, 0.05) is 18.6 Å². The second-order valence-corrected chi connectivity index (χ2v) is 5.53. The fourth-order valence-corrected chi connectivity index (χ4v) is 2.27. The van der Waals surface area contributed by atoms with Crippen molar-refractivity contribution >= 4 is 23.0 Å². The standard InChI is InChI=1S/C17H25N3O3/c1-2-3-4-5-6-7-8-9-10-17(21)19-16-12-11-14(20(22)23)13-15(16)18/h2,11-13H,1,3-10,18H2,(H,19,21). The minimum atomic E-state index is -0.517. The van der Waals surface area contributed by atoms with E-state index < -0.39 is 4.92 Å². The van der Waals surface area contributed by atoms with E-state index in [4.69, 9.17) is 5.73 Å². The van der Waals surface area contributed by atoms with E-state index in [-0.39, 0.29) is 17.3 Å². The highest BCUT2D eigenvalue weighted by Crippen LogP contribution is 2.24. The summed E-state index contributed by atoms with van der Waals surface area (Å²) in [5.41, 5.74) is 6.25. The van der Waals surface area contributed by atoms with Gasteiger partial charge in [0.25, 0.3) is 5.69 Å². The lowest BCUT2D eigenvalue weighted by Crippen LogP contribution is -2.12. The summed E-state index contributed by atoms with van der Waals surface area (Å²) in [6.07, 6.45) is 10.0. The van der Waals surface area contributed by atoms with Crippen LogP contribution in [0.4, 0.5) is 17.1 Å². The van der Waals surface area contributed by atoms with Crippen LogP contribution in [0.5, 0.6) is 0 Å². The number of carbonyl (C=O) groups excluding carboxylic acids is 1. The smallest absolute Gasteiger partial charge is 0.271 e. The number of benzene rings is 1. The molecule has 1 aromatic rings. The van der Waals surface area contributed by atoms with Crippen molar-refractivity contribution in [3.8, 4) is 0 Å². The molecule has 0 aliphatic carbocycles. The number of hydrogen-bond acceptors (Lipinski definition) is 4. The lowest BCUT2D eigenvalue weighted by Gasteiger charge is -2.08. The van der Waals surface area contributed by atoms with Crippen molar-refractivity contribution in [2.45, 2.75) is 51.4 Å². The molecule has 3 N–H and O–H groups in total. The average molecular weight is 319 g/mol. The van der Waals surface area contributed by atoms with Crippen molar-refractivity contribution in [3.05, 3.63) is 41.0 Å². The van der Waals surface area contributed by atoms with Crippen LogP contribution in [0.15, 0.2) is 30.9 Å². The molecular formula is C17H25N3O3. The Labute approximate surface area is 136 Å². The molecule has 0 saturated heterocycles. The van der Waals surface area contributed by atoms with Crippen LogP contribution in [-0.4, -0.2) is 10.8 Å². The first kappa shape index (κ1) is 18.7. The topological polar surface area (TPSA) is 98.3 Å². The van der Waals surface area contributed by atoms with E-state index >= 15 is 0 Å². The van der Waals surface area contributed by atoms with Crippen molar-refractivity contribution in [2.75, 3.05) is 11.1 Å². The fourth-order valence-electron chi connectivity index (χ4n) is 2.27. The number of nitrogen functional groups attached to an aromatic ring is 1. The molecule has 0 heterocycles. The number of nitrogens with one attached hydrogen (secondary N) is 1. The number of non-ortho nitro benzene ring substituents is 1. The van der Waals surface area contributed by atoms with E-state index in [1.54, 1.807) is 0 Å². The maximum Gasteiger partial charge on any atom is 0.271 e. The summed E-state index contributed by atoms with van der Waals surface area (Å²) in [4.78, 5) is 22.0. The molecule has 0 saturated carbocycles. The summed E-state index contributed by atoms with van der Waals surface area (Å²) in [5, 5.41) is 13.3. The van der Waals surface area contributed by atoms with E-state index in [2.05, 4.69) is 11.9 Å². The summed E-state index contributed by atoms with van der Waals surface area (Å²) in [6.45, 7) is 3.69. The molecule has 0 spiro atoms. The normalized spacial score (nSPS) is 10.3. The van der Waals surface area contributed by atoms with Gasteiger partial charge in [0.2, 0.25) is 5.91 Å². The molecule has 0 atom stereocenters. The Morgan fingerprint density at radius 1 is 1.22 bits per heavy atom. The summed E-state index contributed by atoms with van der Waals surface area (Å²) < 4.78 is 0. The maximum absolute atomic E-state index is 11.8. The Hall–Kier alpha value is -2.37. The van der Waals surface area contributed by atoms with Crippen LogP contribution >= 0.6 is 0 Å². The highest BCUT2D eigenvalue weighted by Gasteiger charge is 2.10. The van der Waals surface area contributed by atoms with Crippen LogP contribution < -0.4 is 11.1 Å². The number of nitrogens with two attached hydrogens (primary N) is 1. The average Bonchev–Trinajstić information content (AvgIpc) is 2.51. The van der Waals surface area contributed by atoms with E-state index in [1.165, 1.54) is 37.5 Å². The van der Waals surface area contributed by atoms with Gasteiger partial charge in [0.1, 0.15) is 0 Å². The molecule has 0 aliphatic rings. The molecule has 23 heavy (non-hydrogen) atoms. The highest BCUT2D eigenvalue weighted by molar-refractivity contribution is 5.94. The molecule has 0 aliphatic heterocycles. The summed E-state index contributed by atoms with van der Waals surface area (Å²) in [5.74, 6) is -0.114. The van der Waals surface area contributed by atoms with Crippen LogP contribution in [-0.2, 0) is 4.79 Å². The maximum atomic E-state index is 11.8. The van der Waals surface area contributed by atoms with Gasteiger partial charge in [-0.05, 0) is 25.3 Å². The predicted molar refractivity (Wildman–Crippen MR) is 93.3 cm³/mol. The number of nitrogens with zero attached hydrogens (tertiary/aromatic N) is 1. The minimum absolute atomic E-state index is 0.0862. The molecule has 1 aromatic carbocycles. The minimum Gasteiger partial charge on any atom is -0.397 e. The van der Waals surface area contributed by atoms with Gasteiger partial charge in [-0.2, -0.15) is 0 Å². The molecular weight excluding hydrogens is 294 g/mol. The molecule has 1 rings (SSSR count). The Kier molecular flexibility index (Phi) is 8.42. The third-order valence-electron chi connectivity index (χ3n) is 3.58. The van der Waals surface area contributed by atoms with E-state index in [1.807, 2.05) is 6.08 Å². The monoisotopic (exact) mass is 319 g/mol. The molecule has 0 aromatic heterocycles. The number of nitro benzene ring substituents is 1. The van der Waals surface area contributed by atoms with Crippen LogP contribution in [0.1, 0.15) is 51.4 Å². The SMILES string of the molecule is C=CCCCCCCCCC(=O)Nc1ccc([N+](=O)[O-])cc1N. The Morgan fingerprint density at radius 3 is 2.48 bits per heavy atom. The molecule has 126 valence electrons. The third kappa shape index (κ3) is 7.44. The molecule has 0 fully saturated rings. The molecule has 6 heteroatoms. The van der Waals surface area contributed by atoms with Gasteiger partial charge < -0.3 is 11.1 Å². The van der Waals surface area contributed by atoms with Gasteiger partial charge in [0.05, 0.1) is 16.3 Å². The fraction of sp³-hybridized carbons (Fsp3) is 0.471. The number of hydrogen-bond donors (Lipinski definition) is 2. The lowest BCUT2D eigenvalue weighted by atomic mass is 10.1. The van der Waals surface area contributed by atoms with Crippen molar-refractivity contribution < 1.29 is 9.72 Å². The first-order valence-corrected chi connectivity index (χ1v) is 7.99. The van der Waals surface area contributed by atoms with Crippen LogP contribution in [0.3, 0.4) is 0 Å². The number of allylic oxidation sites excluding steroid dienone is 1. The molecule has 0 bridgehead atoms. The first-order valence-electron chi connectivity index (χ1n) is 7.99. The molecule has 0 unspecified atom stereocenters. The van der Waals surface area contributed by atoms with Crippen LogP contribution in [0.25, 0.3) is 0 Å². The first-order chi connectivity index (χ1) is 11.0. The van der Waals surface area contributed by atoms with Gasteiger partial charge in [-0.25, -0.2) is 0 Å². The Bertz CT molecular complexity index is 544. The number of unbranched alkanes of at least 4 members (excludes halogenated alkanes) is 6. The highest BCUT2D eigenvalue weighted by atomic mass is 16.6. The second-order valence-electron chi connectivity index (χ2n) is 5.53. The number of rotatable bonds is 11. The van der Waals surface area contributed by atoms with Crippen molar-refractivity contribution in [1.29, 1.82) is 0 Å². The number of amides is 1. The van der Waals surface area contributed by atoms with Gasteiger partial charge in [-0.1, -0.05) is 31.8 Å². The number of carbonyl (C=O) groups is 1. The van der Waals surface area contributed by atoms with Crippen LogP contribution in [0, 0.1) is 10.1 Å². The third-order valence-corrected chi connectivity index (χ3v) is 3.58. The predicted octanol–water partition coefficient (Wildman–Crippen LogP) is 4.42. The zero-order chi connectivity index (χ0) is 17.1. The molecule has 1 amide bonds. The van der Waals surface area contributed by atoms with Gasteiger partial charge in [-0.3, -0.25) is 14.9 Å². The van der Waals surface area contributed by atoms with Gasteiger partial charge >= 0.3 is 0 Å². The number of nitro groups is 1. The number of anilines is 2. The summed E-state index contributed by atoms with van der Waals surface area (Å²) >= 11 is 0. The summed E-state index contributed by atoms with van der Waals surface area (Å²) in [7, 11) is 0. The quantitative estimate of drug-likeness (QED) is 0.207. The van der Waals surface area contributed by atoms with Gasteiger partial charge in [0.15, 0.2) is 0 Å². The lowest BCUT2D eigenvalue weighted by molar-refractivity contribution is -0.384. The van der Waals surface area contributed by atoms with Crippen molar-refractivity contribution in [1.82, 2.24) is 0 Å². The van der Waals surface area contributed by atoms with E-state index in [9.17, 15) is 14.9 Å². The Balaban J connectivity index is 2.24. The summed E-state index contributed by atoms with van der Waals surface area (Å²) in [6, 6.07) is 4.04. The second kappa shape index (κ2) is 10.4. The van der Waals surface area contributed by atoms with E-state index in [0.29, 0.717) is 12.1 Å². The van der Waals surface area contributed by atoms with E-state index in [0.717, 1.165) is 25.7 Å².